The summed E-state index contributed by atoms with van der Waals surface area (Å²) in [5.74, 6) is -0.573. The summed E-state index contributed by atoms with van der Waals surface area (Å²) in [5.41, 5.74) is -2.78. The van der Waals surface area contributed by atoms with Crippen molar-refractivity contribution in [3.05, 3.63) is 41.7 Å². The molecule has 0 bridgehead atoms. The fraction of sp³-hybridized carbons (Fsp3) is 0.353. The molecule has 0 aliphatic carbocycles. The third-order valence-electron chi connectivity index (χ3n) is 3.28. The summed E-state index contributed by atoms with van der Waals surface area (Å²) in [7, 11) is 1.36. The SMILES string of the molecule is CNC(=O)c1ccccc1-n1ncc(NC(=O)OC(C)(C)C)c1C(F)(F)F. The number of amides is 2. The first kappa shape index (κ1) is 20.3. The number of halogens is 3. The van der Waals surface area contributed by atoms with E-state index < -0.39 is 35.2 Å². The van der Waals surface area contributed by atoms with E-state index in [1.807, 2.05) is 0 Å². The summed E-state index contributed by atoms with van der Waals surface area (Å²) in [5, 5.41) is 8.15. The predicted octanol–water partition coefficient (Wildman–Crippen LogP) is 3.60. The Morgan fingerprint density at radius 3 is 2.33 bits per heavy atom. The van der Waals surface area contributed by atoms with Crippen molar-refractivity contribution in [1.29, 1.82) is 0 Å². The van der Waals surface area contributed by atoms with E-state index in [-0.39, 0.29) is 11.3 Å². The van der Waals surface area contributed by atoms with Crippen molar-refractivity contribution < 1.29 is 27.5 Å². The quantitative estimate of drug-likeness (QED) is 0.847. The van der Waals surface area contributed by atoms with Crippen molar-refractivity contribution in [2.75, 3.05) is 12.4 Å². The highest BCUT2D eigenvalue weighted by molar-refractivity contribution is 5.97. The van der Waals surface area contributed by atoms with Gasteiger partial charge in [-0.05, 0) is 32.9 Å². The van der Waals surface area contributed by atoms with E-state index in [4.69, 9.17) is 4.74 Å². The minimum absolute atomic E-state index is 0.00239. The first-order valence-corrected chi connectivity index (χ1v) is 7.90. The zero-order valence-electron chi connectivity index (χ0n) is 15.1. The van der Waals surface area contributed by atoms with Gasteiger partial charge in [-0.3, -0.25) is 10.1 Å². The summed E-state index contributed by atoms with van der Waals surface area (Å²) in [4.78, 5) is 23.9. The van der Waals surface area contributed by atoms with Crippen LogP contribution in [0.3, 0.4) is 0 Å². The molecule has 1 aromatic carbocycles. The summed E-state index contributed by atoms with van der Waals surface area (Å²) in [6.07, 6.45) is -5.04. The average molecular weight is 384 g/mol. The van der Waals surface area contributed by atoms with Crippen molar-refractivity contribution in [2.45, 2.75) is 32.5 Å². The Kier molecular flexibility index (Phi) is 5.48. The Hall–Kier alpha value is -3.04. The molecule has 2 N–H and O–H groups in total. The largest absolute Gasteiger partial charge is 0.444 e. The van der Waals surface area contributed by atoms with Crippen LogP contribution < -0.4 is 10.6 Å². The van der Waals surface area contributed by atoms with Crippen LogP contribution in [0.5, 0.6) is 0 Å². The second-order valence-corrected chi connectivity index (χ2v) is 6.54. The lowest BCUT2D eigenvalue weighted by molar-refractivity contribution is -0.142. The normalized spacial score (nSPS) is 11.8. The molecule has 0 unspecified atom stereocenters. The molecule has 7 nitrogen and oxygen atoms in total. The summed E-state index contributed by atoms with van der Waals surface area (Å²) < 4.78 is 46.6. The van der Waals surface area contributed by atoms with Gasteiger partial charge in [0.1, 0.15) is 5.60 Å². The van der Waals surface area contributed by atoms with E-state index in [9.17, 15) is 22.8 Å². The highest BCUT2D eigenvalue weighted by Crippen LogP contribution is 2.37. The van der Waals surface area contributed by atoms with Gasteiger partial charge in [-0.15, -0.1) is 0 Å². The van der Waals surface area contributed by atoms with Crippen LogP contribution in [0.15, 0.2) is 30.5 Å². The number of anilines is 1. The number of carbonyl (C=O) groups is 2. The molecule has 1 aromatic heterocycles. The highest BCUT2D eigenvalue weighted by Gasteiger charge is 2.40. The Morgan fingerprint density at radius 1 is 1.15 bits per heavy atom. The number of hydrogen-bond acceptors (Lipinski definition) is 4. The first-order valence-electron chi connectivity index (χ1n) is 7.90. The van der Waals surface area contributed by atoms with Gasteiger partial charge in [-0.1, -0.05) is 12.1 Å². The Balaban J connectivity index is 2.54. The predicted molar refractivity (Wildman–Crippen MR) is 91.8 cm³/mol. The van der Waals surface area contributed by atoms with Crippen LogP contribution in [0.25, 0.3) is 5.69 Å². The molecule has 0 spiro atoms. The zero-order chi connectivity index (χ0) is 20.4. The van der Waals surface area contributed by atoms with E-state index in [0.717, 1.165) is 6.20 Å². The maximum atomic E-state index is 13.7. The molecule has 0 aliphatic heterocycles. The number of para-hydroxylation sites is 1. The lowest BCUT2D eigenvalue weighted by Gasteiger charge is -2.20. The number of nitrogens with zero attached hydrogens (tertiary/aromatic N) is 2. The second kappa shape index (κ2) is 7.29. The van der Waals surface area contributed by atoms with Gasteiger partial charge in [0.15, 0.2) is 5.69 Å². The van der Waals surface area contributed by atoms with Gasteiger partial charge < -0.3 is 10.1 Å². The number of ether oxygens (including phenoxy) is 1. The van der Waals surface area contributed by atoms with Crippen molar-refractivity contribution in [3.63, 3.8) is 0 Å². The molecule has 2 rings (SSSR count). The van der Waals surface area contributed by atoms with Gasteiger partial charge in [0.25, 0.3) is 5.91 Å². The van der Waals surface area contributed by atoms with Gasteiger partial charge in [0, 0.05) is 7.05 Å². The molecular formula is C17H19F3N4O3. The van der Waals surface area contributed by atoms with Crippen molar-refractivity contribution in [3.8, 4) is 5.69 Å². The van der Waals surface area contributed by atoms with Crippen LogP contribution in [0, 0.1) is 0 Å². The lowest BCUT2D eigenvalue weighted by Crippen LogP contribution is -2.28. The van der Waals surface area contributed by atoms with Crippen molar-refractivity contribution in [2.24, 2.45) is 0 Å². The van der Waals surface area contributed by atoms with E-state index in [1.54, 1.807) is 20.8 Å². The van der Waals surface area contributed by atoms with Crippen LogP contribution in [-0.2, 0) is 10.9 Å². The van der Waals surface area contributed by atoms with Crippen LogP contribution >= 0.6 is 0 Å². The van der Waals surface area contributed by atoms with Gasteiger partial charge in [0.05, 0.1) is 23.1 Å². The molecule has 146 valence electrons. The van der Waals surface area contributed by atoms with Gasteiger partial charge in [0.2, 0.25) is 0 Å². The van der Waals surface area contributed by atoms with Gasteiger partial charge in [-0.2, -0.15) is 18.3 Å². The number of hydrogen-bond donors (Lipinski definition) is 2. The van der Waals surface area contributed by atoms with Crippen LogP contribution in [0.1, 0.15) is 36.8 Å². The Bertz CT molecular complexity index is 854. The van der Waals surface area contributed by atoms with E-state index in [1.165, 1.54) is 31.3 Å². The van der Waals surface area contributed by atoms with E-state index in [2.05, 4.69) is 15.7 Å². The maximum absolute atomic E-state index is 13.7. The molecule has 1 heterocycles. The molecule has 0 atom stereocenters. The molecule has 0 radical (unpaired) electrons. The highest BCUT2D eigenvalue weighted by atomic mass is 19.4. The van der Waals surface area contributed by atoms with Gasteiger partial charge in [-0.25, -0.2) is 9.48 Å². The summed E-state index contributed by atoms with van der Waals surface area (Å²) in [6, 6.07) is 5.69. The smallest absolute Gasteiger partial charge is 0.435 e. The monoisotopic (exact) mass is 384 g/mol. The minimum Gasteiger partial charge on any atom is -0.444 e. The topological polar surface area (TPSA) is 85.3 Å². The summed E-state index contributed by atoms with van der Waals surface area (Å²) in [6.45, 7) is 4.75. The molecule has 0 fully saturated rings. The molecule has 2 aromatic rings. The molecular weight excluding hydrogens is 365 g/mol. The number of carbonyl (C=O) groups excluding carboxylic acids is 2. The maximum Gasteiger partial charge on any atom is 0.435 e. The Labute approximate surface area is 153 Å². The number of rotatable bonds is 3. The third kappa shape index (κ3) is 4.78. The fourth-order valence-electron chi connectivity index (χ4n) is 2.29. The standard InChI is InChI=1S/C17H19F3N4O3/c1-16(2,3)27-15(26)23-11-9-22-24(13(11)17(18,19)20)12-8-6-5-7-10(12)14(25)21-4/h5-9H,1-4H3,(H,21,25)(H,23,26). The van der Waals surface area contributed by atoms with Crippen LogP contribution in [0.4, 0.5) is 23.7 Å². The minimum atomic E-state index is -4.85. The number of alkyl halides is 3. The molecule has 2 amide bonds. The number of nitrogens with one attached hydrogen (secondary N) is 2. The zero-order valence-corrected chi connectivity index (χ0v) is 15.1. The molecule has 27 heavy (non-hydrogen) atoms. The van der Waals surface area contributed by atoms with E-state index >= 15 is 0 Å². The lowest BCUT2D eigenvalue weighted by atomic mass is 10.1. The first-order chi connectivity index (χ1) is 12.4. The number of aromatic nitrogens is 2. The molecule has 0 saturated carbocycles. The average Bonchev–Trinajstić information content (AvgIpc) is 2.95. The van der Waals surface area contributed by atoms with Crippen molar-refractivity contribution >= 4 is 17.7 Å². The fourth-order valence-corrected chi connectivity index (χ4v) is 2.29. The van der Waals surface area contributed by atoms with E-state index in [0.29, 0.717) is 4.68 Å². The van der Waals surface area contributed by atoms with Crippen molar-refractivity contribution in [1.82, 2.24) is 15.1 Å². The molecule has 0 saturated heterocycles. The van der Waals surface area contributed by atoms with Crippen LogP contribution in [0.2, 0.25) is 0 Å². The molecule has 0 aliphatic rings. The third-order valence-corrected chi connectivity index (χ3v) is 3.28. The molecule has 10 heteroatoms. The van der Waals surface area contributed by atoms with Gasteiger partial charge >= 0.3 is 12.3 Å². The number of benzene rings is 1. The second-order valence-electron chi connectivity index (χ2n) is 6.54. The van der Waals surface area contributed by atoms with Crippen LogP contribution in [-0.4, -0.2) is 34.4 Å². The Morgan fingerprint density at radius 2 is 1.78 bits per heavy atom. The summed E-state index contributed by atoms with van der Waals surface area (Å²) >= 11 is 0.